The van der Waals surface area contributed by atoms with Crippen LogP contribution in [0.25, 0.3) is 0 Å². The first-order chi connectivity index (χ1) is 13.6. The van der Waals surface area contributed by atoms with E-state index in [1.807, 2.05) is 30.3 Å². The maximum atomic E-state index is 13.4. The number of amides is 2. The number of rotatable bonds is 3. The molecule has 0 aliphatic carbocycles. The molecular weight excluding hydrogens is 420 g/mol. The Bertz CT molecular complexity index is 977. The van der Waals surface area contributed by atoms with Crippen LogP contribution in [-0.4, -0.2) is 41.1 Å². The largest absolute Gasteiger partial charge is 0.292 e. The summed E-state index contributed by atoms with van der Waals surface area (Å²) in [5.74, 6) is -1.53. The Hall–Kier alpha value is -2.31. The normalized spacial score (nSPS) is 29.2. The van der Waals surface area contributed by atoms with Crippen molar-refractivity contribution in [2.45, 2.75) is 24.9 Å². The standard InChI is InChI=1S/C22H19BrN2O3/c23-14-8-4-9-15(12-14)25-21(27)17-16-10-5-11-24(16)19(18(17)22(25)28)20(26)13-6-2-1-3-7-13/h1-4,6-9,12,16-19H,5,10-11H2. The molecule has 5 rings (SSSR count). The van der Waals surface area contributed by atoms with E-state index in [1.54, 1.807) is 24.3 Å². The Morgan fingerprint density at radius 3 is 2.46 bits per heavy atom. The molecule has 4 atom stereocenters. The van der Waals surface area contributed by atoms with Gasteiger partial charge in [-0.05, 0) is 37.6 Å². The van der Waals surface area contributed by atoms with Crippen molar-refractivity contribution in [2.24, 2.45) is 11.8 Å². The minimum Gasteiger partial charge on any atom is -0.292 e. The van der Waals surface area contributed by atoms with Crippen molar-refractivity contribution in [1.82, 2.24) is 4.90 Å². The Morgan fingerprint density at radius 2 is 1.71 bits per heavy atom. The van der Waals surface area contributed by atoms with E-state index in [-0.39, 0.29) is 23.6 Å². The maximum Gasteiger partial charge on any atom is 0.239 e. The molecule has 2 amide bonds. The molecule has 0 bridgehead atoms. The van der Waals surface area contributed by atoms with E-state index in [9.17, 15) is 14.4 Å². The molecule has 0 saturated carbocycles. The molecule has 4 unspecified atom stereocenters. The van der Waals surface area contributed by atoms with Crippen molar-refractivity contribution in [3.63, 3.8) is 0 Å². The second kappa shape index (κ2) is 6.64. The molecule has 6 heteroatoms. The quantitative estimate of drug-likeness (QED) is 0.544. The van der Waals surface area contributed by atoms with E-state index < -0.39 is 17.9 Å². The lowest BCUT2D eigenvalue weighted by Gasteiger charge is -2.27. The highest BCUT2D eigenvalue weighted by molar-refractivity contribution is 9.10. The fourth-order valence-electron chi connectivity index (χ4n) is 5.16. The van der Waals surface area contributed by atoms with E-state index in [0.29, 0.717) is 11.3 Å². The zero-order chi connectivity index (χ0) is 19.4. The molecule has 0 aromatic heterocycles. The smallest absolute Gasteiger partial charge is 0.239 e. The van der Waals surface area contributed by atoms with Gasteiger partial charge >= 0.3 is 0 Å². The molecule has 2 aromatic carbocycles. The highest BCUT2D eigenvalue weighted by atomic mass is 79.9. The summed E-state index contributed by atoms with van der Waals surface area (Å²) in [6.45, 7) is 0.762. The Kier molecular flexibility index (Phi) is 4.21. The molecule has 3 aliphatic rings. The monoisotopic (exact) mass is 438 g/mol. The lowest BCUT2D eigenvalue weighted by atomic mass is 9.85. The van der Waals surface area contributed by atoms with Crippen molar-refractivity contribution < 1.29 is 14.4 Å². The summed E-state index contributed by atoms with van der Waals surface area (Å²) in [6.07, 6.45) is 1.80. The fourth-order valence-corrected chi connectivity index (χ4v) is 5.55. The van der Waals surface area contributed by atoms with E-state index in [0.717, 1.165) is 23.9 Å². The summed E-state index contributed by atoms with van der Waals surface area (Å²) in [7, 11) is 0. The van der Waals surface area contributed by atoms with Gasteiger partial charge in [-0.15, -0.1) is 0 Å². The van der Waals surface area contributed by atoms with Crippen molar-refractivity contribution in [2.75, 3.05) is 11.4 Å². The maximum absolute atomic E-state index is 13.4. The van der Waals surface area contributed by atoms with E-state index in [2.05, 4.69) is 20.8 Å². The summed E-state index contributed by atoms with van der Waals surface area (Å²) in [6, 6.07) is 15.7. The topological polar surface area (TPSA) is 57.7 Å². The number of ketones is 1. The first-order valence-electron chi connectivity index (χ1n) is 9.56. The molecule has 0 N–H and O–H groups in total. The number of carbonyl (C=O) groups is 3. The van der Waals surface area contributed by atoms with Crippen LogP contribution >= 0.6 is 15.9 Å². The number of anilines is 1. The van der Waals surface area contributed by atoms with Crippen LogP contribution in [0.3, 0.4) is 0 Å². The van der Waals surface area contributed by atoms with Crippen molar-refractivity contribution in [1.29, 1.82) is 0 Å². The van der Waals surface area contributed by atoms with Crippen LogP contribution < -0.4 is 4.90 Å². The highest BCUT2D eigenvalue weighted by Crippen LogP contribution is 2.48. The molecule has 3 heterocycles. The number of halogens is 1. The van der Waals surface area contributed by atoms with E-state index in [4.69, 9.17) is 0 Å². The lowest BCUT2D eigenvalue weighted by Crippen LogP contribution is -2.46. The van der Waals surface area contributed by atoms with Gasteiger partial charge in [-0.2, -0.15) is 0 Å². The predicted molar refractivity (Wildman–Crippen MR) is 108 cm³/mol. The minimum absolute atomic E-state index is 0.0312. The molecule has 3 fully saturated rings. The van der Waals surface area contributed by atoms with Gasteiger partial charge in [0.1, 0.15) is 0 Å². The first kappa shape index (κ1) is 17.8. The minimum atomic E-state index is -0.607. The number of carbonyl (C=O) groups excluding carboxylic acids is 3. The van der Waals surface area contributed by atoms with Gasteiger partial charge in [0.05, 0.1) is 23.6 Å². The average molecular weight is 439 g/mol. The zero-order valence-electron chi connectivity index (χ0n) is 15.1. The molecule has 3 saturated heterocycles. The number of nitrogens with zero attached hydrogens (tertiary/aromatic N) is 2. The number of Topliss-reactive ketones (excluding diaryl/α,β-unsaturated/α-hetero) is 1. The predicted octanol–water partition coefficient (Wildman–Crippen LogP) is 3.28. The van der Waals surface area contributed by atoms with Crippen LogP contribution in [0.15, 0.2) is 59.1 Å². The summed E-state index contributed by atoms with van der Waals surface area (Å²) in [5, 5.41) is 0. The highest BCUT2D eigenvalue weighted by Gasteiger charge is 2.64. The Balaban J connectivity index is 1.56. The summed E-state index contributed by atoms with van der Waals surface area (Å²) in [5.41, 5.74) is 1.16. The third-order valence-electron chi connectivity index (χ3n) is 6.25. The third-order valence-corrected chi connectivity index (χ3v) is 6.74. The van der Waals surface area contributed by atoms with Crippen molar-refractivity contribution in [3.8, 4) is 0 Å². The number of fused-ring (bicyclic) bond motifs is 3. The van der Waals surface area contributed by atoms with Gasteiger partial charge in [-0.3, -0.25) is 19.3 Å². The number of benzene rings is 2. The van der Waals surface area contributed by atoms with Gasteiger partial charge < -0.3 is 0 Å². The van der Waals surface area contributed by atoms with Gasteiger partial charge in [0.2, 0.25) is 11.8 Å². The van der Waals surface area contributed by atoms with Crippen LogP contribution in [0, 0.1) is 11.8 Å². The first-order valence-corrected chi connectivity index (χ1v) is 10.4. The van der Waals surface area contributed by atoms with Gasteiger partial charge in [-0.1, -0.05) is 52.3 Å². The summed E-state index contributed by atoms with van der Waals surface area (Å²) in [4.78, 5) is 43.5. The Labute approximate surface area is 171 Å². The van der Waals surface area contributed by atoms with Crippen LogP contribution in [0.1, 0.15) is 23.2 Å². The van der Waals surface area contributed by atoms with Crippen LogP contribution in [0.2, 0.25) is 0 Å². The number of hydrogen-bond donors (Lipinski definition) is 0. The van der Waals surface area contributed by atoms with Crippen molar-refractivity contribution >= 4 is 39.2 Å². The molecule has 0 radical (unpaired) electrons. The molecule has 0 spiro atoms. The summed E-state index contributed by atoms with van der Waals surface area (Å²) >= 11 is 3.41. The van der Waals surface area contributed by atoms with Crippen LogP contribution in [-0.2, 0) is 9.59 Å². The van der Waals surface area contributed by atoms with Gasteiger partial charge in [0, 0.05) is 16.1 Å². The molecular formula is C22H19BrN2O3. The molecule has 3 aliphatic heterocycles. The van der Waals surface area contributed by atoms with Gasteiger partial charge in [0.15, 0.2) is 5.78 Å². The van der Waals surface area contributed by atoms with Gasteiger partial charge in [-0.25, -0.2) is 4.90 Å². The van der Waals surface area contributed by atoms with Crippen molar-refractivity contribution in [3.05, 3.63) is 64.6 Å². The summed E-state index contributed by atoms with van der Waals surface area (Å²) < 4.78 is 0.807. The van der Waals surface area contributed by atoms with E-state index >= 15 is 0 Å². The second-order valence-corrected chi connectivity index (χ2v) is 8.58. The van der Waals surface area contributed by atoms with Crippen LogP contribution in [0.4, 0.5) is 5.69 Å². The molecule has 28 heavy (non-hydrogen) atoms. The Morgan fingerprint density at radius 1 is 0.964 bits per heavy atom. The lowest BCUT2D eigenvalue weighted by molar-refractivity contribution is -0.123. The van der Waals surface area contributed by atoms with Gasteiger partial charge in [0.25, 0.3) is 0 Å². The molecule has 2 aromatic rings. The zero-order valence-corrected chi connectivity index (χ0v) is 16.7. The fraction of sp³-hybridized carbons (Fsp3) is 0.318. The SMILES string of the molecule is O=C(c1ccccc1)C1C2C(=O)N(c3cccc(Br)c3)C(=O)C2C2CCCN21. The second-order valence-electron chi connectivity index (χ2n) is 7.67. The molecule has 5 nitrogen and oxygen atoms in total. The number of imide groups is 1. The number of hydrogen-bond acceptors (Lipinski definition) is 4. The molecule has 142 valence electrons. The third kappa shape index (κ3) is 2.51. The van der Waals surface area contributed by atoms with E-state index in [1.165, 1.54) is 4.90 Å². The van der Waals surface area contributed by atoms with Crippen LogP contribution in [0.5, 0.6) is 0 Å². The average Bonchev–Trinajstić information content (AvgIpc) is 3.34.